The first-order chi connectivity index (χ1) is 5.45. The highest BCUT2D eigenvalue weighted by Gasteiger charge is 2.09. The molecule has 0 saturated heterocycles. The lowest BCUT2D eigenvalue weighted by Gasteiger charge is -2.20. The summed E-state index contributed by atoms with van der Waals surface area (Å²) >= 11 is 0. The summed E-state index contributed by atoms with van der Waals surface area (Å²) in [4.78, 5) is 0. The third kappa shape index (κ3) is 7.98. The van der Waals surface area contributed by atoms with Crippen molar-refractivity contribution in [2.24, 2.45) is 11.5 Å². The van der Waals surface area contributed by atoms with Gasteiger partial charge in [-0.2, -0.15) is 0 Å². The predicted octanol–water partition coefficient (Wildman–Crippen LogP) is 0.441. The van der Waals surface area contributed by atoms with E-state index in [0.29, 0.717) is 6.04 Å². The number of hydrogen-bond acceptors (Lipinski definition) is 3. The average molecular weight is 173 g/mol. The van der Waals surface area contributed by atoms with Crippen LogP contribution in [-0.2, 0) is 0 Å². The molecule has 0 aromatic rings. The van der Waals surface area contributed by atoms with Crippen LogP contribution in [0.2, 0.25) is 0 Å². The van der Waals surface area contributed by atoms with E-state index >= 15 is 0 Å². The van der Waals surface area contributed by atoms with Crippen LogP contribution in [0.15, 0.2) is 0 Å². The summed E-state index contributed by atoms with van der Waals surface area (Å²) in [6, 6.07) is 0.511. The minimum absolute atomic E-state index is 0.0601. The van der Waals surface area contributed by atoms with Gasteiger partial charge in [-0.15, -0.1) is 0 Å². The minimum atomic E-state index is -0.0601. The van der Waals surface area contributed by atoms with Crippen LogP contribution in [0.3, 0.4) is 0 Å². The molecule has 0 fully saturated rings. The molecule has 1 unspecified atom stereocenters. The second-order valence-electron chi connectivity index (χ2n) is 4.17. The van der Waals surface area contributed by atoms with Crippen molar-refractivity contribution in [3.8, 4) is 0 Å². The molecule has 3 nitrogen and oxygen atoms in total. The highest BCUT2D eigenvalue weighted by Crippen LogP contribution is 2.01. The minimum Gasteiger partial charge on any atom is -0.330 e. The fourth-order valence-electron chi connectivity index (χ4n) is 0.993. The van der Waals surface area contributed by atoms with Crippen LogP contribution in [0.1, 0.15) is 33.6 Å². The van der Waals surface area contributed by atoms with Gasteiger partial charge in [0.25, 0.3) is 0 Å². The molecule has 0 rings (SSSR count). The summed E-state index contributed by atoms with van der Waals surface area (Å²) in [7, 11) is 0. The zero-order valence-corrected chi connectivity index (χ0v) is 8.56. The maximum atomic E-state index is 5.83. The van der Waals surface area contributed by atoms with Crippen molar-refractivity contribution in [2.75, 3.05) is 13.1 Å². The van der Waals surface area contributed by atoms with E-state index in [0.717, 1.165) is 25.9 Å². The van der Waals surface area contributed by atoms with Crippen molar-refractivity contribution < 1.29 is 0 Å². The summed E-state index contributed by atoms with van der Waals surface area (Å²) in [5.74, 6) is 0. The van der Waals surface area contributed by atoms with Crippen LogP contribution < -0.4 is 16.8 Å². The molecule has 0 aliphatic rings. The first kappa shape index (κ1) is 11.9. The molecule has 0 aromatic heterocycles. The lowest BCUT2D eigenvalue weighted by molar-refractivity contribution is 0.426. The van der Waals surface area contributed by atoms with Crippen LogP contribution in [0.5, 0.6) is 0 Å². The fraction of sp³-hybridized carbons (Fsp3) is 1.00. The van der Waals surface area contributed by atoms with E-state index in [1.165, 1.54) is 0 Å². The lowest BCUT2D eigenvalue weighted by atomic mass is 10.0. The average Bonchev–Trinajstić information content (AvgIpc) is 1.84. The Kier molecular flexibility index (Phi) is 5.46. The third-order valence-corrected chi connectivity index (χ3v) is 1.86. The van der Waals surface area contributed by atoms with Crippen molar-refractivity contribution in [3.05, 3.63) is 0 Å². The molecule has 0 radical (unpaired) electrons. The van der Waals surface area contributed by atoms with E-state index in [-0.39, 0.29) is 5.54 Å². The molecular weight excluding hydrogens is 150 g/mol. The van der Waals surface area contributed by atoms with Crippen molar-refractivity contribution in [2.45, 2.75) is 45.2 Å². The molecule has 0 aromatic carbocycles. The third-order valence-electron chi connectivity index (χ3n) is 1.86. The van der Waals surface area contributed by atoms with E-state index < -0.39 is 0 Å². The monoisotopic (exact) mass is 173 g/mol. The zero-order valence-electron chi connectivity index (χ0n) is 8.56. The summed E-state index contributed by atoms with van der Waals surface area (Å²) in [6.07, 6.45) is 2.03. The van der Waals surface area contributed by atoms with Gasteiger partial charge < -0.3 is 16.8 Å². The Labute approximate surface area is 75.9 Å². The standard InChI is InChI=1S/C9H23N3/c1-8(4-6-10)12-7-5-9(2,3)11/h8,12H,4-7,10-11H2,1-3H3. The first-order valence-corrected chi connectivity index (χ1v) is 4.68. The van der Waals surface area contributed by atoms with Crippen LogP contribution in [0.4, 0.5) is 0 Å². The van der Waals surface area contributed by atoms with E-state index in [1.54, 1.807) is 0 Å². The second kappa shape index (κ2) is 5.51. The molecule has 0 spiro atoms. The summed E-state index contributed by atoms with van der Waals surface area (Å²) in [5, 5.41) is 3.38. The molecule has 0 saturated carbocycles. The van der Waals surface area contributed by atoms with Crippen LogP contribution in [0.25, 0.3) is 0 Å². The molecule has 12 heavy (non-hydrogen) atoms. The summed E-state index contributed by atoms with van der Waals surface area (Å²) in [6.45, 7) is 7.96. The summed E-state index contributed by atoms with van der Waals surface area (Å²) in [5.41, 5.74) is 11.2. The van der Waals surface area contributed by atoms with E-state index in [9.17, 15) is 0 Å². The molecule has 0 amide bonds. The van der Waals surface area contributed by atoms with Crippen LogP contribution >= 0.6 is 0 Å². The largest absolute Gasteiger partial charge is 0.330 e. The number of rotatable bonds is 6. The topological polar surface area (TPSA) is 64.1 Å². The van der Waals surface area contributed by atoms with Gasteiger partial charge >= 0.3 is 0 Å². The Morgan fingerprint density at radius 2 is 2.00 bits per heavy atom. The number of nitrogens with one attached hydrogen (secondary N) is 1. The van der Waals surface area contributed by atoms with Gasteiger partial charge in [-0.25, -0.2) is 0 Å². The molecular formula is C9H23N3. The Balaban J connectivity index is 3.31. The lowest BCUT2D eigenvalue weighted by Crippen LogP contribution is -2.38. The Bertz CT molecular complexity index is 107. The van der Waals surface area contributed by atoms with Gasteiger partial charge in [0.05, 0.1) is 0 Å². The molecule has 5 N–H and O–H groups in total. The SMILES string of the molecule is CC(CCN)NCCC(C)(C)N. The van der Waals surface area contributed by atoms with E-state index in [1.807, 2.05) is 13.8 Å². The normalized spacial score (nSPS) is 14.8. The van der Waals surface area contributed by atoms with Gasteiger partial charge in [-0.1, -0.05) is 0 Å². The fourth-order valence-corrected chi connectivity index (χ4v) is 0.993. The second-order valence-corrected chi connectivity index (χ2v) is 4.17. The van der Waals surface area contributed by atoms with Gasteiger partial charge in [0, 0.05) is 11.6 Å². The van der Waals surface area contributed by atoms with Gasteiger partial charge in [-0.3, -0.25) is 0 Å². The molecule has 0 aliphatic heterocycles. The molecule has 0 aliphatic carbocycles. The van der Waals surface area contributed by atoms with Crippen LogP contribution in [0, 0.1) is 0 Å². The van der Waals surface area contributed by atoms with Gasteiger partial charge in [0.1, 0.15) is 0 Å². The van der Waals surface area contributed by atoms with E-state index in [2.05, 4.69) is 12.2 Å². The molecule has 1 atom stereocenters. The maximum absolute atomic E-state index is 5.83. The predicted molar refractivity (Wildman–Crippen MR) is 54.0 cm³/mol. The van der Waals surface area contributed by atoms with Gasteiger partial charge in [0.15, 0.2) is 0 Å². The zero-order chi connectivity index (χ0) is 9.61. The van der Waals surface area contributed by atoms with Gasteiger partial charge in [-0.05, 0) is 46.7 Å². The summed E-state index contributed by atoms with van der Waals surface area (Å²) < 4.78 is 0. The van der Waals surface area contributed by atoms with Crippen molar-refractivity contribution >= 4 is 0 Å². The number of hydrogen-bond donors (Lipinski definition) is 3. The molecule has 74 valence electrons. The van der Waals surface area contributed by atoms with Gasteiger partial charge in [0.2, 0.25) is 0 Å². The Morgan fingerprint density at radius 1 is 1.42 bits per heavy atom. The first-order valence-electron chi connectivity index (χ1n) is 4.68. The van der Waals surface area contributed by atoms with Crippen molar-refractivity contribution in [1.82, 2.24) is 5.32 Å². The van der Waals surface area contributed by atoms with Crippen molar-refractivity contribution in [3.63, 3.8) is 0 Å². The quantitative estimate of drug-likeness (QED) is 0.546. The molecule has 0 bridgehead atoms. The Hall–Kier alpha value is -0.120. The highest BCUT2D eigenvalue weighted by atomic mass is 14.9. The maximum Gasteiger partial charge on any atom is 0.0109 e. The molecule has 3 heteroatoms. The molecule has 0 heterocycles. The smallest absolute Gasteiger partial charge is 0.0109 e. The Morgan fingerprint density at radius 3 is 2.42 bits per heavy atom. The highest BCUT2D eigenvalue weighted by molar-refractivity contribution is 4.73. The number of nitrogens with two attached hydrogens (primary N) is 2. The van der Waals surface area contributed by atoms with Crippen molar-refractivity contribution in [1.29, 1.82) is 0 Å². The van der Waals surface area contributed by atoms with E-state index in [4.69, 9.17) is 11.5 Å². The van der Waals surface area contributed by atoms with Crippen LogP contribution in [-0.4, -0.2) is 24.7 Å².